The summed E-state index contributed by atoms with van der Waals surface area (Å²) in [6, 6.07) is 9.51. The van der Waals surface area contributed by atoms with Gasteiger partial charge in [0.15, 0.2) is 10.5 Å². The average molecular weight is 386 g/mol. The Bertz CT molecular complexity index is 1060. The fourth-order valence-corrected chi connectivity index (χ4v) is 3.88. The van der Waals surface area contributed by atoms with Crippen molar-refractivity contribution < 1.29 is 14.3 Å². The molecule has 0 saturated carbocycles. The lowest BCUT2D eigenvalue weighted by Gasteiger charge is -2.06. The molecule has 0 saturated heterocycles. The zero-order valence-electron chi connectivity index (χ0n) is 15.8. The van der Waals surface area contributed by atoms with Crippen molar-refractivity contribution in [2.75, 3.05) is 6.61 Å². The molecule has 0 aliphatic rings. The van der Waals surface area contributed by atoms with Gasteiger partial charge >= 0.3 is 5.97 Å². The number of hydrogen-bond acceptors (Lipinski definition) is 5. The molecule has 0 aliphatic heterocycles. The summed E-state index contributed by atoms with van der Waals surface area (Å²) in [5.41, 5.74) is 2.03. The van der Waals surface area contributed by atoms with Gasteiger partial charge in [-0.05, 0) is 45.9 Å². The smallest absolute Gasteiger partial charge is 0.326 e. The number of ether oxygens (including phenoxy) is 1. The fourth-order valence-electron chi connectivity index (χ4n) is 2.85. The Morgan fingerprint density at radius 1 is 1.30 bits per heavy atom. The van der Waals surface area contributed by atoms with Crippen molar-refractivity contribution in [2.45, 2.75) is 40.3 Å². The fraction of sp³-hybridized carbons (Fsp3) is 0.368. The predicted octanol–water partition coefficient (Wildman–Crippen LogP) is 3.09. The van der Waals surface area contributed by atoms with Gasteiger partial charge in [-0.15, -0.1) is 0 Å². The Balaban J connectivity index is 2.05. The van der Waals surface area contributed by atoms with E-state index in [1.54, 1.807) is 22.2 Å². The molecule has 27 heavy (non-hydrogen) atoms. The van der Waals surface area contributed by atoms with Crippen LogP contribution in [0.2, 0.25) is 0 Å². The zero-order chi connectivity index (χ0) is 19.6. The number of para-hydroxylation sites is 1. The summed E-state index contributed by atoms with van der Waals surface area (Å²) in [4.78, 5) is 29.4. The Kier molecular flexibility index (Phi) is 5.55. The Labute approximate surface area is 160 Å². The van der Waals surface area contributed by atoms with Gasteiger partial charge in [-0.1, -0.05) is 23.5 Å². The van der Waals surface area contributed by atoms with E-state index >= 15 is 0 Å². The third-order valence-electron chi connectivity index (χ3n) is 4.01. The Morgan fingerprint density at radius 2 is 2.04 bits per heavy atom. The van der Waals surface area contributed by atoms with Crippen LogP contribution in [-0.4, -0.2) is 32.8 Å². The number of rotatable bonds is 5. The molecule has 0 radical (unpaired) electrons. The molecule has 0 N–H and O–H groups in total. The van der Waals surface area contributed by atoms with Crippen LogP contribution in [0.5, 0.6) is 0 Å². The van der Waals surface area contributed by atoms with Gasteiger partial charge in [0.1, 0.15) is 6.54 Å². The first kappa shape index (κ1) is 19.0. The topological polar surface area (TPSA) is 78.5 Å². The lowest BCUT2D eigenvalue weighted by atomic mass is 10.3. The van der Waals surface area contributed by atoms with Crippen LogP contribution in [0.4, 0.5) is 0 Å². The first-order chi connectivity index (χ1) is 12.9. The van der Waals surface area contributed by atoms with Gasteiger partial charge in [0.25, 0.3) is 5.91 Å². The van der Waals surface area contributed by atoms with Gasteiger partial charge < -0.3 is 9.30 Å². The number of hydrogen-bond donors (Lipinski definition) is 0. The van der Waals surface area contributed by atoms with Crippen LogP contribution < -0.4 is 4.80 Å². The molecule has 0 atom stereocenters. The number of esters is 1. The van der Waals surface area contributed by atoms with E-state index in [1.807, 2.05) is 45.0 Å². The van der Waals surface area contributed by atoms with E-state index < -0.39 is 5.91 Å². The summed E-state index contributed by atoms with van der Waals surface area (Å²) < 4.78 is 9.50. The normalized spacial score (nSPS) is 12.1. The number of carbonyl (C=O) groups is 2. The van der Waals surface area contributed by atoms with E-state index in [0.717, 1.165) is 15.9 Å². The third-order valence-corrected chi connectivity index (χ3v) is 5.07. The van der Waals surface area contributed by atoms with E-state index in [0.29, 0.717) is 17.1 Å². The highest BCUT2D eigenvalue weighted by Crippen LogP contribution is 2.17. The van der Waals surface area contributed by atoms with Gasteiger partial charge in [0.2, 0.25) is 0 Å². The number of aryl methyl sites for hydroxylation is 1. The summed E-state index contributed by atoms with van der Waals surface area (Å²) in [6.45, 7) is 7.98. The van der Waals surface area contributed by atoms with Crippen LogP contribution in [-0.2, 0) is 16.1 Å². The van der Waals surface area contributed by atoms with Gasteiger partial charge in [-0.25, -0.2) is 0 Å². The van der Waals surface area contributed by atoms with Gasteiger partial charge in [0, 0.05) is 11.7 Å². The molecule has 8 heteroatoms. The molecule has 3 rings (SSSR count). The number of carbonyl (C=O) groups excluding carboxylic acids is 2. The SMILES string of the molecule is CCOC(=O)Cn1c(=NC(=O)c2cc(C)n(C(C)C)n2)sc2ccccc21. The van der Waals surface area contributed by atoms with Crippen molar-refractivity contribution in [3.05, 3.63) is 46.5 Å². The molecule has 3 aromatic rings. The molecule has 1 aromatic carbocycles. The summed E-state index contributed by atoms with van der Waals surface area (Å²) in [7, 11) is 0. The molecule has 0 unspecified atom stereocenters. The van der Waals surface area contributed by atoms with Crippen LogP contribution in [0.1, 0.15) is 43.0 Å². The Hall–Kier alpha value is -2.74. The maximum atomic E-state index is 12.7. The molecule has 2 aromatic heterocycles. The molecular formula is C19H22N4O3S. The van der Waals surface area contributed by atoms with Crippen LogP contribution in [0, 0.1) is 6.92 Å². The minimum absolute atomic E-state index is 0.00340. The van der Waals surface area contributed by atoms with Crippen molar-refractivity contribution in [2.24, 2.45) is 4.99 Å². The van der Waals surface area contributed by atoms with E-state index in [2.05, 4.69) is 10.1 Å². The molecule has 7 nitrogen and oxygen atoms in total. The van der Waals surface area contributed by atoms with Gasteiger partial charge in [-0.3, -0.25) is 14.3 Å². The van der Waals surface area contributed by atoms with Crippen molar-refractivity contribution >= 4 is 33.4 Å². The molecule has 142 valence electrons. The monoisotopic (exact) mass is 386 g/mol. The van der Waals surface area contributed by atoms with Crippen LogP contribution >= 0.6 is 11.3 Å². The maximum absolute atomic E-state index is 12.7. The van der Waals surface area contributed by atoms with Gasteiger partial charge in [0.05, 0.1) is 16.8 Å². The van der Waals surface area contributed by atoms with E-state index in [-0.39, 0.29) is 18.6 Å². The van der Waals surface area contributed by atoms with Crippen molar-refractivity contribution in [3.8, 4) is 0 Å². The Morgan fingerprint density at radius 3 is 2.70 bits per heavy atom. The predicted molar refractivity (Wildman–Crippen MR) is 104 cm³/mol. The zero-order valence-corrected chi connectivity index (χ0v) is 16.6. The minimum Gasteiger partial charge on any atom is -0.465 e. The average Bonchev–Trinajstić information content (AvgIpc) is 3.16. The first-order valence-electron chi connectivity index (χ1n) is 8.80. The first-order valence-corrected chi connectivity index (χ1v) is 9.61. The highest BCUT2D eigenvalue weighted by molar-refractivity contribution is 7.16. The third kappa shape index (κ3) is 4.00. The second kappa shape index (κ2) is 7.87. The van der Waals surface area contributed by atoms with Crippen molar-refractivity contribution in [3.63, 3.8) is 0 Å². The van der Waals surface area contributed by atoms with Crippen LogP contribution in [0.25, 0.3) is 10.2 Å². The van der Waals surface area contributed by atoms with Crippen LogP contribution in [0.15, 0.2) is 35.3 Å². The summed E-state index contributed by atoms with van der Waals surface area (Å²) in [6.07, 6.45) is 0. The molecular weight excluding hydrogens is 364 g/mol. The largest absolute Gasteiger partial charge is 0.465 e. The van der Waals surface area contributed by atoms with Crippen molar-refractivity contribution in [1.29, 1.82) is 0 Å². The van der Waals surface area contributed by atoms with Crippen LogP contribution in [0.3, 0.4) is 0 Å². The molecule has 1 amide bonds. The quantitative estimate of drug-likeness (QED) is 0.631. The number of amides is 1. The number of fused-ring (bicyclic) bond motifs is 1. The number of benzene rings is 1. The molecule has 0 bridgehead atoms. The summed E-state index contributed by atoms with van der Waals surface area (Å²) in [5.74, 6) is -0.795. The second-order valence-corrected chi connectivity index (χ2v) is 7.38. The second-order valence-electron chi connectivity index (χ2n) is 6.37. The lowest BCUT2D eigenvalue weighted by Crippen LogP contribution is -2.23. The van der Waals surface area contributed by atoms with E-state index in [9.17, 15) is 9.59 Å². The summed E-state index contributed by atoms with van der Waals surface area (Å²) >= 11 is 1.36. The van der Waals surface area contributed by atoms with E-state index in [4.69, 9.17) is 4.74 Å². The molecule has 0 aliphatic carbocycles. The number of aromatic nitrogens is 3. The number of thiazole rings is 1. The standard InChI is InChI=1S/C19H22N4O3S/c1-5-26-17(24)11-22-15-8-6-7-9-16(15)27-19(22)20-18(25)14-10-13(4)23(21-14)12(2)3/h6-10,12H,5,11H2,1-4H3. The minimum atomic E-state index is -0.429. The van der Waals surface area contributed by atoms with Gasteiger partial charge in [-0.2, -0.15) is 10.1 Å². The highest BCUT2D eigenvalue weighted by Gasteiger charge is 2.16. The maximum Gasteiger partial charge on any atom is 0.326 e. The molecule has 2 heterocycles. The lowest BCUT2D eigenvalue weighted by molar-refractivity contribution is -0.143. The summed E-state index contributed by atoms with van der Waals surface area (Å²) in [5, 5.41) is 4.36. The van der Waals surface area contributed by atoms with Crippen molar-refractivity contribution in [1.82, 2.24) is 14.3 Å². The molecule has 0 spiro atoms. The number of nitrogens with zero attached hydrogens (tertiary/aromatic N) is 4. The highest BCUT2D eigenvalue weighted by atomic mass is 32.1. The van der Waals surface area contributed by atoms with E-state index in [1.165, 1.54) is 11.3 Å². The molecule has 0 fully saturated rings.